The van der Waals surface area contributed by atoms with Gasteiger partial charge in [-0.25, -0.2) is 0 Å². The zero-order valence-corrected chi connectivity index (χ0v) is 15.2. The first kappa shape index (κ1) is 16.8. The molecule has 2 saturated carbocycles. The second-order valence-electron chi connectivity index (χ2n) is 7.39. The number of carbonyl (C=O) groups is 1. The van der Waals surface area contributed by atoms with Crippen LogP contribution in [0.5, 0.6) is 0 Å². The van der Waals surface area contributed by atoms with E-state index in [0.717, 1.165) is 25.2 Å². The number of thioether (sulfide) groups is 1. The average Bonchev–Trinajstić information content (AvgIpc) is 2.51. The van der Waals surface area contributed by atoms with Crippen molar-refractivity contribution >= 4 is 17.5 Å². The third-order valence-corrected chi connectivity index (χ3v) is 7.26. The number of rotatable bonds is 6. The molecule has 124 valence electrons. The Morgan fingerprint density at radius 2 is 2.04 bits per heavy atom. The van der Waals surface area contributed by atoms with E-state index in [4.69, 9.17) is 0 Å². The summed E-state index contributed by atoms with van der Waals surface area (Å²) < 4.78 is 0.196. The van der Waals surface area contributed by atoms with E-state index in [9.17, 15) is 4.79 Å². The van der Waals surface area contributed by atoms with Gasteiger partial charge in [0.1, 0.15) is 5.78 Å². The lowest BCUT2D eigenvalue weighted by molar-refractivity contribution is -0.130. The smallest absolute Gasteiger partial charge is 0.137 e. The SMILES string of the molecule is CC(C)=CCCC(=O)[C@@H]1C[C@@H]2CCCC[C@@]21Sc1ccccc1. The van der Waals surface area contributed by atoms with E-state index in [1.165, 1.54) is 36.2 Å². The first-order valence-electron chi connectivity index (χ1n) is 9.02. The van der Waals surface area contributed by atoms with E-state index >= 15 is 0 Å². The second-order valence-corrected chi connectivity index (χ2v) is 8.82. The predicted octanol–water partition coefficient (Wildman–Crippen LogP) is 6.04. The number of Topliss-reactive ketones (excluding diaryl/α,β-unsaturated/α-hetero) is 1. The summed E-state index contributed by atoms with van der Waals surface area (Å²) in [5.74, 6) is 1.53. The Balaban J connectivity index is 1.72. The minimum Gasteiger partial charge on any atom is -0.299 e. The molecule has 1 aromatic rings. The van der Waals surface area contributed by atoms with Crippen LogP contribution in [-0.4, -0.2) is 10.5 Å². The van der Waals surface area contributed by atoms with E-state index in [0.29, 0.717) is 5.78 Å². The highest BCUT2D eigenvalue weighted by Crippen LogP contribution is 2.62. The molecule has 1 aromatic carbocycles. The standard InChI is InChI=1S/C21H28OS/c1-16(2)9-8-13-20(22)19-15-17-10-6-7-14-21(17,19)23-18-11-4-3-5-12-18/h3-5,9,11-12,17,19H,6-8,10,13-15H2,1-2H3/t17-,19-,21+/m0/s1. The van der Waals surface area contributed by atoms with Crippen LogP contribution in [0.15, 0.2) is 46.9 Å². The molecule has 0 radical (unpaired) electrons. The summed E-state index contributed by atoms with van der Waals surface area (Å²) in [6, 6.07) is 10.7. The monoisotopic (exact) mass is 328 g/mol. The lowest BCUT2D eigenvalue weighted by Gasteiger charge is -2.57. The molecule has 0 aromatic heterocycles. The first-order chi connectivity index (χ1) is 11.1. The fraction of sp³-hybridized carbons (Fsp3) is 0.571. The molecule has 0 aliphatic heterocycles. The van der Waals surface area contributed by atoms with Crippen LogP contribution in [0.3, 0.4) is 0 Å². The Kier molecular flexibility index (Phi) is 5.31. The van der Waals surface area contributed by atoms with Crippen molar-refractivity contribution in [2.75, 3.05) is 0 Å². The van der Waals surface area contributed by atoms with Crippen LogP contribution in [0, 0.1) is 11.8 Å². The van der Waals surface area contributed by atoms with Gasteiger partial charge in [0.05, 0.1) is 0 Å². The molecular weight excluding hydrogens is 300 g/mol. The molecule has 0 amide bonds. The van der Waals surface area contributed by atoms with Crippen LogP contribution in [0.1, 0.15) is 58.8 Å². The van der Waals surface area contributed by atoms with Crippen LogP contribution in [0.2, 0.25) is 0 Å². The molecule has 0 heterocycles. The fourth-order valence-electron chi connectivity index (χ4n) is 4.33. The van der Waals surface area contributed by atoms with Gasteiger partial charge >= 0.3 is 0 Å². The molecule has 3 rings (SSSR count). The summed E-state index contributed by atoms with van der Waals surface area (Å²) in [6.45, 7) is 4.22. The Bertz CT molecular complexity index is 573. The molecule has 0 saturated heterocycles. The van der Waals surface area contributed by atoms with Gasteiger partial charge in [-0.15, -0.1) is 11.8 Å². The number of hydrogen-bond acceptors (Lipinski definition) is 2. The van der Waals surface area contributed by atoms with Crippen LogP contribution in [0.25, 0.3) is 0 Å². The molecule has 0 bridgehead atoms. The van der Waals surface area contributed by atoms with Crippen molar-refractivity contribution in [1.29, 1.82) is 0 Å². The maximum atomic E-state index is 12.8. The van der Waals surface area contributed by atoms with Crippen molar-refractivity contribution in [3.05, 3.63) is 42.0 Å². The minimum absolute atomic E-state index is 0.196. The van der Waals surface area contributed by atoms with Crippen molar-refractivity contribution in [2.45, 2.75) is 68.4 Å². The van der Waals surface area contributed by atoms with E-state index in [1.54, 1.807) is 0 Å². The van der Waals surface area contributed by atoms with E-state index in [-0.39, 0.29) is 10.7 Å². The molecule has 2 aliphatic rings. The molecule has 2 aliphatic carbocycles. The molecule has 0 unspecified atom stereocenters. The van der Waals surface area contributed by atoms with E-state index < -0.39 is 0 Å². The van der Waals surface area contributed by atoms with Crippen LogP contribution in [-0.2, 0) is 4.79 Å². The van der Waals surface area contributed by atoms with E-state index in [2.05, 4.69) is 50.3 Å². The van der Waals surface area contributed by atoms with E-state index in [1.807, 2.05) is 11.8 Å². The van der Waals surface area contributed by atoms with Crippen LogP contribution < -0.4 is 0 Å². The van der Waals surface area contributed by atoms with Crippen molar-refractivity contribution in [3.63, 3.8) is 0 Å². The Morgan fingerprint density at radius 1 is 1.26 bits per heavy atom. The van der Waals surface area contributed by atoms with Crippen molar-refractivity contribution < 1.29 is 4.79 Å². The van der Waals surface area contributed by atoms with Gasteiger partial charge in [0.2, 0.25) is 0 Å². The molecule has 1 nitrogen and oxygen atoms in total. The summed E-state index contributed by atoms with van der Waals surface area (Å²) in [6.07, 6.45) is 10.1. The summed E-state index contributed by atoms with van der Waals surface area (Å²) in [7, 11) is 0. The highest BCUT2D eigenvalue weighted by Gasteiger charge is 2.58. The number of allylic oxidation sites excluding steroid dienone is 2. The van der Waals surface area contributed by atoms with Gasteiger partial charge in [-0.2, -0.15) is 0 Å². The van der Waals surface area contributed by atoms with Crippen molar-refractivity contribution in [2.24, 2.45) is 11.8 Å². The average molecular weight is 329 g/mol. The lowest BCUT2D eigenvalue weighted by atomic mass is 9.56. The highest BCUT2D eigenvalue weighted by atomic mass is 32.2. The number of hydrogen-bond donors (Lipinski definition) is 0. The van der Waals surface area contributed by atoms with Gasteiger partial charge in [-0.1, -0.05) is 42.7 Å². The summed E-state index contributed by atoms with van der Waals surface area (Å²) >= 11 is 2.00. The highest BCUT2D eigenvalue weighted by molar-refractivity contribution is 8.00. The summed E-state index contributed by atoms with van der Waals surface area (Å²) in [5.41, 5.74) is 1.32. The maximum absolute atomic E-state index is 12.8. The number of fused-ring (bicyclic) bond motifs is 1. The molecule has 23 heavy (non-hydrogen) atoms. The molecule has 2 heteroatoms. The summed E-state index contributed by atoms with van der Waals surface area (Å²) in [4.78, 5) is 14.1. The van der Waals surface area contributed by atoms with Crippen LogP contribution in [0.4, 0.5) is 0 Å². The Labute approximate surface area is 144 Å². The quantitative estimate of drug-likeness (QED) is 0.592. The third-order valence-electron chi connectivity index (χ3n) is 5.55. The Hall–Kier alpha value is -1.02. The minimum atomic E-state index is 0.196. The zero-order valence-electron chi connectivity index (χ0n) is 14.4. The molecule has 0 spiro atoms. The lowest BCUT2D eigenvalue weighted by Crippen LogP contribution is -2.57. The van der Waals surface area contributed by atoms with Crippen molar-refractivity contribution in [1.82, 2.24) is 0 Å². The molecule has 2 fully saturated rings. The second kappa shape index (κ2) is 7.25. The summed E-state index contributed by atoms with van der Waals surface area (Å²) in [5, 5.41) is 0. The third kappa shape index (κ3) is 3.57. The Morgan fingerprint density at radius 3 is 2.74 bits per heavy atom. The number of carbonyl (C=O) groups excluding carboxylic acids is 1. The molecule has 0 N–H and O–H groups in total. The molecular formula is C21H28OS. The fourth-order valence-corrected chi connectivity index (χ4v) is 6.06. The normalized spacial score (nSPS) is 29.3. The molecule has 3 atom stereocenters. The van der Waals surface area contributed by atoms with Gasteiger partial charge in [-0.3, -0.25) is 4.79 Å². The van der Waals surface area contributed by atoms with Gasteiger partial charge in [0.15, 0.2) is 0 Å². The number of ketones is 1. The predicted molar refractivity (Wildman–Crippen MR) is 98.8 cm³/mol. The van der Waals surface area contributed by atoms with Crippen molar-refractivity contribution in [3.8, 4) is 0 Å². The first-order valence-corrected chi connectivity index (χ1v) is 9.83. The topological polar surface area (TPSA) is 17.1 Å². The van der Waals surface area contributed by atoms with Gasteiger partial charge < -0.3 is 0 Å². The number of benzene rings is 1. The van der Waals surface area contributed by atoms with Gasteiger partial charge in [0, 0.05) is 22.0 Å². The largest absolute Gasteiger partial charge is 0.299 e. The van der Waals surface area contributed by atoms with Crippen LogP contribution >= 0.6 is 11.8 Å². The zero-order chi connectivity index (χ0) is 16.3. The van der Waals surface area contributed by atoms with Gasteiger partial charge in [-0.05, 0) is 57.6 Å². The maximum Gasteiger partial charge on any atom is 0.137 e. The van der Waals surface area contributed by atoms with Gasteiger partial charge in [0.25, 0.3) is 0 Å².